The summed E-state index contributed by atoms with van der Waals surface area (Å²) < 4.78 is 3.84. The summed E-state index contributed by atoms with van der Waals surface area (Å²) in [5.74, 6) is -0.100. The van der Waals surface area contributed by atoms with Crippen LogP contribution < -0.4 is 15.8 Å². The molecule has 0 spiro atoms. The Morgan fingerprint density at radius 3 is 2.45 bits per heavy atom. The molecule has 1 amide bonds. The van der Waals surface area contributed by atoms with Crippen molar-refractivity contribution in [1.82, 2.24) is 14.2 Å². The van der Waals surface area contributed by atoms with Gasteiger partial charge in [-0.2, -0.15) is 4.98 Å². The van der Waals surface area contributed by atoms with Crippen LogP contribution in [0.4, 0.5) is 11.4 Å². The Balaban J connectivity index is 1.77. The average molecular weight is 446 g/mol. The molecule has 0 bridgehead atoms. The van der Waals surface area contributed by atoms with Gasteiger partial charge in [0.15, 0.2) is 5.65 Å². The molecule has 1 atom stereocenters. The third-order valence-corrected chi connectivity index (χ3v) is 6.27. The molecule has 0 radical (unpaired) electrons. The molecule has 7 nitrogen and oxygen atoms in total. The number of aromatic nitrogens is 3. The molecular formula is C26H31N5O2. The van der Waals surface area contributed by atoms with Crippen molar-refractivity contribution >= 4 is 33.8 Å². The maximum atomic E-state index is 13.6. The zero-order valence-corrected chi connectivity index (χ0v) is 19.9. The van der Waals surface area contributed by atoms with E-state index in [2.05, 4.69) is 41.2 Å². The van der Waals surface area contributed by atoms with Crippen LogP contribution >= 0.6 is 0 Å². The molecule has 7 heteroatoms. The molecule has 2 aromatic heterocycles. The topological polar surface area (TPSA) is 71.6 Å². The summed E-state index contributed by atoms with van der Waals surface area (Å²) in [7, 11) is 0. The molecule has 33 heavy (non-hydrogen) atoms. The average Bonchev–Trinajstić information content (AvgIpc) is 3.11. The molecular weight excluding hydrogens is 414 g/mol. The number of nitrogens with zero attached hydrogens (tertiary/aromatic N) is 4. The number of nitrogens with one attached hydrogen (secondary N) is 1. The minimum atomic E-state index is -0.475. The Kier molecular flexibility index (Phi) is 6.22. The highest BCUT2D eigenvalue weighted by atomic mass is 16.2. The molecule has 0 saturated heterocycles. The van der Waals surface area contributed by atoms with Gasteiger partial charge in [0.25, 0.3) is 5.56 Å². The van der Waals surface area contributed by atoms with E-state index in [1.54, 1.807) is 0 Å². The first kappa shape index (κ1) is 22.6. The molecule has 4 rings (SSSR count). The number of carbonyl (C=O) groups excluding carboxylic acids is 1. The standard InChI is InChI=1S/C26H31N5O2/c1-6-22(26(33)27-21-14-13-19(15-17(21)4)29(7-2)8-3)31-23-12-10-9-11-20(23)25-28-24(32)16-18(5)30(25)31/h9-16,22H,6-8H2,1-5H3,(H,27,33)/t22-/m1/s1. The summed E-state index contributed by atoms with van der Waals surface area (Å²) >= 11 is 0. The number of hydrogen-bond donors (Lipinski definition) is 1. The van der Waals surface area contributed by atoms with E-state index in [0.29, 0.717) is 12.1 Å². The van der Waals surface area contributed by atoms with E-state index in [-0.39, 0.29) is 11.5 Å². The minimum Gasteiger partial charge on any atom is -0.372 e. The number of para-hydroxylation sites is 1. The Bertz CT molecular complexity index is 1380. The second-order valence-corrected chi connectivity index (χ2v) is 8.32. The molecule has 0 aliphatic rings. The highest BCUT2D eigenvalue weighted by molar-refractivity contribution is 5.98. The first-order valence-electron chi connectivity index (χ1n) is 11.6. The Labute approximate surface area is 193 Å². The molecule has 2 heterocycles. The summed E-state index contributed by atoms with van der Waals surface area (Å²) in [5, 5.41) is 3.99. The lowest BCUT2D eigenvalue weighted by Crippen LogP contribution is -2.29. The van der Waals surface area contributed by atoms with Gasteiger partial charge < -0.3 is 10.2 Å². The van der Waals surface area contributed by atoms with E-state index in [4.69, 9.17) is 0 Å². The lowest BCUT2D eigenvalue weighted by atomic mass is 10.1. The van der Waals surface area contributed by atoms with Gasteiger partial charge in [-0.25, -0.2) is 4.52 Å². The molecule has 0 aliphatic carbocycles. The van der Waals surface area contributed by atoms with E-state index in [1.807, 2.05) is 60.3 Å². The number of amides is 1. The van der Waals surface area contributed by atoms with Gasteiger partial charge in [0.1, 0.15) is 6.04 Å². The van der Waals surface area contributed by atoms with Crippen molar-refractivity contribution in [2.45, 2.75) is 47.1 Å². The van der Waals surface area contributed by atoms with Crippen LogP contribution in [-0.4, -0.2) is 33.2 Å². The molecule has 0 aliphatic heterocycles. The third-order valence-electron chi connectivity index (χ3n) is 6.27. The van der Waals surface area contributed by atoms with Crippen molar-refractivity contribution in [2.24, 2.45) is 0 Å². The van der Waals surface area contributed by atoms with Gasteiger partial charge in [-0.3, -0.25) is 14.3 Å². The number of aryl methyl sites for hydroxylation is 2. The number of benzene rings is 2. The van der Waals surface area contributed by atoms with Gasteiger partial charge in [0.2, 0.25) is 5.91 Å². The Morgan fingerprint density at radius 1 is 1.06 bits per heavy atom. The van der Waals surface area contributed by atoms with E-state index in [9.17, 15) is 9.59 Å². The Morgan fingerprint density at radius 2 is 1.79 bits per heavy atom. The molecule has 0 fully saturated rings. The maximum absolute atomic E-state index is 13.6. The summed E-state index contributed by atoms with van der Waals surface area (Å²) in [4.78, 5) is 32.2. The van der Waals surface area contributed by atoms with Crippen molar-refractivity contribution in [3.05, 3.63) is 70.1 Å². The lowest BCUT2D eigenvalue weighted by molar-refractivity contribution is -0.119. The summed E-state index contributed by atoms with van der Waals surface area (Å²) in [6.45, 7) is 12.0. The van der Waals surface area contributed by atoms with Crippen molar-refractivity contribution in [3.63, 3.8) is 0 Å². The molecule has 1 N–H and O–H groups in total. The van der Waals surface area contributed by atoms with Crippen LogP contribution in [-0.2, 0) is 4.79 Å². The Hall–Kier alpha value is -3.61. The van der Waals surface area contributed by atoms with E-state index in [0.717, 1.165) is 46.6 Å². The molecule has 2 aromatic carbocycles. The van der Waals surface area contributed by atoms with Gasteiger partial charge in [0, 0.05) is 41.6 Å². The van der Waals surface area contributed by atoms with E-state index in [1.165, 1.54) is 6.07 Å². The fourth-order valence-corrected chi connectivity index (χ4v) is 4.57. The van der Waals surface area contributed by atoms with Gasteiger partial charge >= 0.3 is 0 Å². The second-order valence-electron chi connectivity index (χ2n) is 8.32. The predicted octanol–water partition coefficient (Wildman–Crippen LogP) is 4.70. The third kappa shape index (κ3) is 3.99. The van der Waals surface area contributed by atoms with Crippen LogP contribution in [0.2, 0.25) is 0 Å². The lowest BCUT2D eigenvalue weighted by Gasteiger charge is -2.23. The monoisotopic (exact) mass is 445 g/mol. The largest absolute Gasteiger partial charge is 0.372 e. The van der Waals surface area contributed by atoms with Crippen LogP contribution in [0.1, 0.15) is 44.5 Å². The summed E-state index contributed by atoms with van der Waals surface area (Å²) in [5.41, 5.74) is 4.87. The quantitative estimate of drug-likeness (QED) is 0.448. The fraction of sp³-hybridized carbons (Fsp3) is 0.346. The van der Waals surface area contributed by atoms with Gasteiger partial charge in [-0.15, -0.1) is 0 Å². The smallest absolute Gasteiger partial charge is 0.273 e. The normalized spacial score (nSPS) is 12.3. The second kappa shape index (κ2) is 9.10. The number of fused-ring (bicyclic) bond motifs is 3. The fourth-order valence-electron chi connectivity index (χ4n) is 4.57. The molecule has 0 saturated carbocycles. The number of hydrogen-bond acceptors (Lipinski definition) is 4. The molecule has 4 aromatic rings. The van der Waals surface area contributed by atoms with Gasteiger partial charge in [0.05, 0.1) is 5.52 Å². The van der Waals surface area contributed by atoms with Crippen LogP contribution in [0.15, 0.2) is 53.3 Å². The van der Waals surface area contributed by atoms with Crippen LogP contribution in [0.5, 0.6) is 0 Å². The van der Waals surface area contributed by atoms with Crippen LogP contribution in [0.3, 0.4) is 0 Å². The highest BCUT2D eigenvalue weighted by Gasteiger charge is 2.25. The maximum Gasteiger partial charge on any atom is 0.273 e. The van der Waals surface area contributed by atoms with Gasteiger partial charge in [-0.1, -0.05) is 19.1 Å². The number of anilines is 2. The first-order valence-corrected chi connectivity index (χ1v) is 11.6. The molecule has 172 valence electrons. The van der Waals surface area contributed by atoms with E-state index >= 15 is 0 Å². The van der Waals surface area contributed by atoms with Crippen LogP contribution in [0.25, 0.3) is 16.6 Å². The number of carbonyl (C=O) groups is 1. The van der Waals surface area contributed by atoms with E-state index < -0.39 is 6.04 Å². The van der Waals surface area contributed by atoms with Crippen molar-refractivity contribution in [2.75, 3.05) is 23.3 Å². The minimum absolute atomic E-state index is 0.100. The highest BCUT2D eigenvalue weighted by Crippen LogP contribution is 2.28. The van der Waals surface area contributed by atoms with Crippen molar-refractivity contribution in [3.8, 4) is 0 Å². The first-order chi connectivity index (χ1) is 15.9. The zero-order chi connectivity index (χ0) is 23.7. The van der Waals surface area contributed by atoms with Crippen LogP contribution in [0, 0.1) is 13.8 Å². The van der Waals surface area contributed by atoms with Crippen molar-refractivity contribution in [1.29, 1.82) is 0 Å². The zero-order valence-electron chi connectivity index (χ0n) is 19.9. The van der Waals surface area contributed by atoms with Crippen molar-refractivity contribution < 1.29 is 4.79 Å². The SMILES string of the molecule is CC[C@H](C(=O)Nc1ccc(N(CC)CC)cc1C)n1c2ccccc2c2nc(=O)cc(C)n21. The molecule has 0 unspecified atom stereocenters. The number of rotatable bonds is 7. The summed E-state index contributed by atoms with van der Waals surface area (Å²) in [6, 6.07) is 14.9. The van der Waals surface area contributed by atoms with Gasteiger partial charge in [-0.05, 0) is 70.0 Å². The predicted molar refractivity (Wildman–Crippen MR) is 134 cm³/mol. The summed E-state index contributed by atoms with van der Waals surface area (Å²) in [6.07, 6.45) is 0.585.